The molecule has 0 atom stereocenters. The number of aryl methyl sites for hydroxylation is 1. The highest BCUT2D eigenvalue weighted by atomic mass is 127. The van der Waals surface area contributed by atoms with Gasteiger partial charge in [-0.05, 0) is 47.7 Å². The minimum atomic E-state index is -4.64. The van der Waals surface area contributed by atoms with E-state index in [9.17, 15) is 22.8 Å². The Morgan fingerprint density at radius 1 is 1.23 bits per heavy atom. The van der Waals surface area contributed by atoms with Crippen LogP contribution < -0.4 is 5.32 Å². The van der Waals surface area contributed by atoms with Gasteiger partial charge >= 0.3 is 12.1 Å². The lowest BCUT2D eigenvalue weighted by molar-refractivity contribution is -0.143. The van der Waals surface area contributed by atoms with Crippen molar-refractivity contribution in [3.63, 3.8) is 0 Å². The maximum absolute atomic E-state index is 12.8. The Balaban J connectivity index is 1.78. The largest absolute Gasteiger partial charge is 0.466 e. The van der Waals surface area contributed by atoms with Crippen LogP contribution in [0.4, 0.5) is 18.9 Å². The van der Waals surface area contributed by atoms with Crippen LogP contribution >= 0.6 is 22.6 Å². The molecule has 0 aliphatic rings. The maximum atomic E-state index is 12.8. The summed E-state index contributed by atoms with van der Waals surface area (Å²) in [6.45, 7) is 2.04. The number of pyridine rings is 2. The Labute approximate surface area is 182 Å². The summed E-state index contributed by atoms with van der Waals surface area (Å²) >= 11 is 1.99. The first-order valence-corrected chi connectivity index (χ1v) is 9.93. The summed E-state index contributed by atoms with van der Waals surface area (Å²) in [5.74, 6) is -1.08. The topological polar surface area (TPSA) is 85.6 Å². The molecule has 3 aromatic heterocycles. The van der Waals surface area contributed by atoms with Crippen LogP contribution in [0.5, 0.6) is 0 Å². The first-order valence-electron chi connectivity index (χ1n) is 8.85. The monoisotopic (exact) mass is 532 g/mol. The van der Waals surface area contributed by atoms with E-state index < -0.39 is 17.8 Å². The number of carbonyl (C=O) groups is 2. The number of fused-ring (bicyclic) bond motifs is 1. The Morgan fingerprint density at radius 3 is 2.70 bits per heavy atom. The molecule has 3 heterocycles. The van der Waals surface area contributed by atoms with Crippen molar-refractivity contribution in [1.82, 2.24) is 14.4 Å². The van der Waals surface area contributed by atoms with E-state index in [-0.39, 0.29) is 18.1 Å². The van der Waals surface area contributed by atoms with Gasteiger partial charge in [-0.3, -0.25) is 9.59 Å². The average Bonchev–Trinajstić information content (AvgIpc) is 3.08. The van der Waals surface area contributed by atoms with Gasteiger partial charge in [0.1, 0.15) is 17.0 Å². The van der Waals surface area contributed by atoms with Gasteiger partial charge in [0.25, 0.3) is 5.91 Å². The summed E-state index contributed by atoms with van der Waals surface area (Å²) in [5, 5.41) is 2.57. The summed E-state index contributed by atoms with van der Waals surface area (Å²) in [7, 11) is 0. The molecule has 0 bridgehead atoms. The van der Waals surface area contributed by atoms with Gasteiger partial charge in [0.05, 0.1) is 24.4 Å². The Kier molecular flexibility index (Phi) is 6.58. The molecule has 0 unspecified atom stereocenters. The zero-order chi connectivity index (χ0) is 21.9. The SMILES string of the molecule is CCOC(=O)CCc1cn2cc(NC(=O)c3cccc(C(F)(F)F)n3)c(I)cc2n1. The lowest BCUT2D eigenvalue weighted by Crippen LogP contribution is -2.17. The molecular formula is C19H16F3IN4O3. The highest BCUT2D eigenvalue weighted by Gasteiger charge is 2.33. The van der Waals surface area contributed by atoms with E-state index in [0.29, 0.717) is 33.6 Å². The zero-order valence-corrected chi connectivity index (χ0v) is 17.8. The Morgan fingerprint density at radius 2 is 2.00 bits per heavy atom. The van der Waals surface area contributed by atoms with Crippen molar-refractivity contribution in [2.24, 2.45) is 0 Å². The fraction of sp³-hybridized carbons (Fsp3) is 0.263. The van der Waals surface area contributed by atoms with Crippen molar-refractivity contribution in [3.05, 3.63) is 57.3 Å². The fourth-order valence-corrected chi connectivity index (χ4v) is 3.20. The van der Waals surface area contributed by atoms with Crippen LogP contribution in [0.1, 0.15) is 35.2 Å². The number of halogens is 4. The van der Waals surface area contributed by atoms with Gasteiger partial charge in [0.2, 0.25) is 0 Å². The normalized spacial score (nSPS) is 11.5. The molecule has 7 nitrogen and oxygen atoms in total. The highest BCUT2D eigenvalue weighted by molar-refractivity contribution is 14.1. The lowest BCUT2D eigenvalue weighted by atomic mass is 10.2. The van der Waals surface area contributed by atoms with Crippen molar-refractivity contribution in [2.45, 2.75) is 25.9 Å². The lowest BCUT2D eigenvalue weighted by Gasteiger charge is -2.10. The number of carbonyl (C=O) groups excluding carboxylic acids is 2. The van der Waals surface area contributed by atoms with E-state index >= 15 is 0 Å². The third kappa shape index (κ3) is 5.26. The van der Waals surface area contributed by atoms with Crippen LogP contribution in [0.15, 0.2) is 36.7 Å². The second kappa shape index (κ2) is 8.98. The molecular weight excluding hydrogens is 516 g/mol. The van der Waals surface area contributed by atoms with E-state index in [0.717, 1.165) is 12.1 Å². The summed E-state index contributed by atoms with van der Waals surface area (Å²) in [6, 6.07) is 4.85. The summed E-state index contributed by atoms with van der Waals surface area (Å²) in [5.41, 5.74) is 0.180. The van der Waals surface area contributed by atoms with Crippen molar-refractivity contribution in [3.8, 4) is 0 Å². The third-order valence-electron chi connectivity index (χ3n) is 4.00. The van der Waals surface area contributed by atoms with Crippen molar-refractivity contribution >= 4 is 45.8 Å². The number of hydrogen-bond donors (Lipinski definition) is 1. The Hall–Kier alpha value is -2.70. The van der Waals surface area contributed by atoms with Crippen LogP contribution in [0.2, 0.25) is 0 Å². The molecule has 3 aromatic rings. The number of ether oxygens (including phenoxy) is 1. The molecule has 0 saturated carbocycles. The summed E-state index contributed by atoms with van der Waals surface area (Å²) in [6.07, 6.45) is -0.737. The number of aromatic nitrogens is 3. The van der Waals surface area contributed by atoms with Crippen molar-refractivity contribution < 1.29 is 27.5 Å². The third-order valence-corrected chi connectivity index (χ3v) is 4.90. The second-order valence-corrected chi connectivity index (χ2v) is 7.36. The smallest absolute Gasteiger partial charge is 0.433 e. The molecule has 1 amide bonds. The molecule has 11 heteroatoms. The van der Waals surface area contributed by atoms with E-state index in [4.69, 9.17) is 4.74 Å². The van der Waals surface area contributed by atoms with Crippen LogP contribution in [0.25, 0.3) is 5.65 Å². The molecule has 0 radical (unpaired) electrons. The Bertz CT molecular complexity index is 1100. The number of esters is 1. The van der Waals surface area contributed by atoms with Gasteiger partial charge in [-0.1, -0.05) is 6.07 Å². The quantitative estimate of drug-likeness (QED) is 0.382. The van der Waals surface area contributed by atoms with Gasteiger partial charge < -0.3 is 14.5 Å². The number of anilines is 1. The standard InChI is InChI=1S/C19H16F3IN4O3/c1-2-30-17(28)7-6-11-9-27-10-14(12(23)8-16(27)24-11)26-18(29)13-4-3-5-15(25-13)19(20,21)22/h3-5,8-10H,2,6-7H2,1H3,(H,26,29). The number of imidazole rings is 1. The van der Waals surface area contributed by atoms with Crippen molar-refractivity contribution in [1.29, 1.82) is 0 Å². The van der Waals surface area contributed by atoms with Gasteiger partial charge in [0.15, 0.2) is 0 Å². The maximum Gasteiger partial charge on any atom is 0.433 e. The number of nitrogens with one attached hydrogen (secondary N) is 1. The molecule has 0 spiro atoms. The first kappa shape index (κ1) is 22.0. The molecule has 3 rings (SSSR count). The average molecular weight is 532 g/mol. The van der Waals surface area contributed by atoms with E-state index in [1.54, 1.807) is 29.8 Å². The molecule has 0 aliphatic carbocycles. The molecule has 0 fully saturated rings. The first-order chi connectivity index (χ1) is 14.2. The summed E-state index contributed by atoms with van der Waals surface area (Å²) in [4.78, 5) is 31.7. The second-order valence-electron chi connectivity index (χ2n) is 6.20. The molecule has 0 aromatic carbocycles. The number of alkyl halides is 3. The van der Waals surface area contributed by atoms with Crippen LogP contribution in [-0.4, -0.2) is 32.9 Å². The molecule has 158 valence electrons. The number of rotatable bonds is 6. The zero-order valence-electron chi connectivity index (χ0n) is 15.7. The summed E-state index contributed by atoms with van der Waals surface area (Å²) < 4.78 is 45.7. The number of nitrogens with zero attached hydrogens (tertiary/aromatic N) is 3. The fourth-order valence-electron chi connectivity index (χ4n) is 2.64. The van der Waals surface area contributed by atoms with Crippen LogP contribution in [-0.2, 0) is 22.1 Å². The minimum Gasteiger partial charge on any atom is -0.466 e. The minimum absolute atomic E-state index is 0.194. The number of hydrogen-bond acceptors (Lipinski definition) is 5. The van der Waals surface area contributed by atoms with Crippen LogP contribution in [0, 0.1) is 3.57 Å². The van der Waals surface area contributed by atoms with E-state index in [1.807, 2.05) is 22.6 Å². The number of amides is 1. The van der Waals surface area contributed by atoms with E-state index in [1.165, 1.54) is 6.07 Å². The molecule has 1 N–H and O–H groups in total. The van der Waals surface area contributed by atoms with Crippen LogP contribution in [0.3, 0.4) is 0 Å². The van der Waals surface area contributed by atoms with Crippen molar-refractivity contribution in [2.75, 3.05) is 11.9 Å². The molecule has 0 saturated heterocycles. The van der Waals surface area contributed by atoms with Gasteiger partial charge in [-0.2, -0.15) is 13.2 Å². The van der Waals surface area contributed by atoms with Gasteiger partial charge in [-0.25, -0.2) is 9.97 Å². The van der Waals surface area contributed by atoms with E-state index in [2.05, 4.69) is 15.3 Å². The predicted molar refractivity (Wildman–Crippen MR) is 110 cm³/mol. The van der Waals surface area contributed by atoms with Gasteiger partial charge in [-0.15, -0.1) is 0 Å². The highest BCUT2D eigenvalue weighted by Crippen LogP contribution is 2.27. The predicted octanol–water partition coefficient (Wildman–Crippen LogP) is 4.10. The molecule has 0 aliphatic heterocycles. The molecule has 30 heavy (non-hydrogen) atoms. The van der Waals surface area contributed by atoms with Gasteiger partial charge in [0, 0.05) is 22.4 Å².